The minimum absolute atomic E-state index is 0.122. The highest BCUT2D eigenvalue weighted by Gasteiger charge is 2.33. The summed E-state index contributed by atoms with van der Waals surface area (Å²) in [7, 11) is 0. The van der Waals surface area contributed by atoms with Crippen LogP contribution in [-0.4, -0.2) is 25.1 Å². The standard InChI is InChI=1S/C18H19NO4/c1-11(20)19-18-14(9-22-12(2)21)10-23-16-8-7-13-5-3-4-6-15(13)17(16)18/h3-8,14,18H,9-10H2,1-2H3,(H,19,20)/t14-,18-/m0/s1. The highest BCUT2D eigenvalue weighted by Crippen LogP contribution is 2.40. The molecule has 0 spiro atoms. The zero-order valence-corrected chi connectivity index (χ0v) is 13.2. The molecule has 2 aromatic rings. The molecule has 120 valence electrons. The molecule has 0 saturated heterocycles. The van der Waals surface area contributed by atoms with Crippen LogP contribution in [0.1, 0.15) is 25.5 Å². The van der Waals surface area contributed by atoms with Crippen LogP contribution in [0.25, 0.3) is 10.8 Å². The van der Waals surface area contributed by atoms with E-state index in [1.165, 1.54) is 13.8 Å². The fourth-order valence-corrected chi connectivity index (χ4v) is 3.03. The highest BCUT2D eigenvalue weighted by atomic mass is 16.5. The molecule has 0 saturated carbocycles. The minimum Gasteiger partial charge on any atom is -0.493 e. The van der Waals surface area contributed by atoms with Gasteiger partial charge in [0, 0.05) is 19.4 Å². The van der Waals surface area contributed by atoms with E-state index in [4.69, 9.17) is 9.47 Å². The van der Waals surface area contributed by atoms with Gasteiger partial charge in [-0.1, -0.05) is 30.3 Å². The van der Waals surface area contributed by atoms with Crippen molar-refractivity contribution >= 4 is 22.6 Å². The van der Waals surface area contributed by atoms with Crippen molar-refractivity contribution in [3.05, 3.63) is 42.0 Å². The van der Waals surface area contributed by atoms with Gasteiger partial charge >= 0.3 is 5.97 Å². The molecule has 5 nitrogen and oxygen atoms in total. The Morgan fingerprint density at radius 1 is 1.22 bits per heavy atom. The van der Waals surface area contributed by atoms with Crippen molar-refractivity contribution in [3.63, 3.8) is 0 Å². The lowest BCUT2D eigenvalue weighted by atomic mass is 9.87. The average Bonchev–Trinajstić information content (AvgIpc) is 2.53. The Morgan fingerprint density at radius 3 is 2.74 bits per heavy atom. The predicted molar refractivity (Wildman–Crippen MR) is 86.1 cm³/mol. The minimum atomic E-state index is -0.338. The Balaban J connectivity index is 2.05. The summed E-state index contributed by atoms with van der Waals surface area (Å²) in [6.45, 7) is 3.47. The van der Waals surface area contributed by atoms with Crippen molar-refractivity contribution in [2.45, 2.75) is 19.9 Å². The third-order valence-corrected chi connectivity index (χ3v) is 4.03. The van der Waals surface area contributed by atoms with Crippen LogP contribution in [0.5, 0.6) is 5.75 Å². The maximum atomic E-state index is 11.7. The number of carbonyl (C=O) groups excluding carboxylic acids is 2. The van der Waals surface area contributed by atoms with Crippen molar-refractivity contribution in [3.8, 4) is 5.75 Å². The number of nitrogens with one attached hydrogen (secondary N) is 1. The Morgan fingerprint density at radius 2 is 2.00 bits per heavy atom. The third-order valence-electron chi connectivity index (χ3n) is 4.03. The molecule has 0 fully saturated rings. The first kappa shape index (κ1) is 15.3. The van der Waals surface area contributed by atoms with Gasteiger partial charge in [-0.05, 0) is 16.8 Å². The Kier molecular flexibility index (Phi) is 4.19. The molecule has 0 radical (unpaired) electrons. The SMILES string of the molecule is CC(=O)N[C@@H]1c2c(ccc3ccccc23)OC[C@@H]1COC(C)=O. The zero-order valence-electron chi connectivity index (χ0n) is 13.2. The number of ether oxygens (including phenoxy) is 2. The third kappa shape index (κ3) is 3.13. The number of hydrogen-bond acceptors (Lipinski definition) is 4. The smallest absolute Gasteiger partial charge is 0.302 e. The summed E-state index contributed by atoms with van der Waals surface area (Å²) in [4.78, 5) is 22.8. The van der Waals surface area contributed by atoms with Crippen LogP contribution >= 0.6 is 0 Å². The van der Waals surface area contributed by atoms with E-state index in [-0.39, 0.29) is 30.4 Å². The molecule has 5 heteroatoms. The molecule has 1 amide bonds. The lowest BCUT2D eigenvalue weighted by Crippen LogP contribution is -2.40. The molecule has 3 rings (SSSR count). The van der Waals surface area contributed by atoms with Crippen LogP contribution in [0, 0.1) is 5.92 Å². The van der Waals surface area contributed by atoms with Gasteiger partial charge in [-0.25, -0.2) is 0 Å². The zero-order chi connectivity index (χ0) is 16.4. The van der Waals surface area contributed by atoms with E-state index in [2.05, 4.69) is 5.32 Å². The molecule has 1 aliphatic heterocycles. The molecule has 1 aliphatic rings. The van der Waals surface area contributed by atoms with E-state index in [9.17, 15) is 9.59 Å². The van der Waals surface area contributed by atoms with Crippen molar-refractivity contribution in [2.75, 3.05) is 13.2 Å². The summed E-state index contributed by atoms with van der Waals surface area (Å²) < 4.78 is 11.0. The summed E-state index contributed by atoms with van der Waals surface area (Å²) in [6, 6.07) is 11.7. The lowest BCUT2D eigenvalue weighted by Gasteiger charge is -2.34. The van der Waals surface area contributed by atoms with Gasteiger partial charge in [-0.2, -0.15) is 0 Å². The molecular weight excluding hydrogens is 294 g/mol. The highest BCUT2D eigenvalue weighted by molar-refractivity contribution is 5.89. The number of hydrogen-bond donors (Lipinski definition) is 1. The first-order valence-electron chi connectivity index (χ1n) is 7.61. The first-order chi connectivity index (χ1) is 11.1. The number of rotatable bonds is 3. The van der Waals surface area contributed by atoms with E-state index >= 15 is 0 Å². The number of esters is 1. The average molecular weight is 313 g/mol. The fraction of sp³-hybridized carbons (Fsp3) is 0.333. The van der Waals surface area contributed by atoms with Gasteiger partial charge in [0.1, 0.15) is 5.75 Å². The second kappa shape index (κ2) is 6.28. The van der Waals surface area contributed by atoms with E-state index in [1.54, 1.807) is 0 Å². The Hall–Kier alpha value is -2.56. The Labute approximate surface area is 134 Å². The fourth-order valence-electron chi connectivity index (χ4n) is 3.03. The molecule has 0 aliphatic carbocycles. The van der Waals surface area contributed by atoms with Gasteiger partial charge in [0.2, 0.25) is 5.91 Å². The largest absolute Gasteiger partial charge is 0.493 e. The maximum absolute atomic E-state index is 11.7. The molecule has 2 atom stereocenters. The van der Waals surface area contributed by atoms with E-state index < -0.39 is 0 Å². The van der Waals surface area contributed by atoms with Gasteiger partial charge in [0.25, 0.3) is 0 Å². The molecule has 1 N–H and O–H groups in total. The second-order valence-electron chi connectivity index (χ2n) is 5.75. The normalized spacial score (nSPS) is 19.6. The lowest BCUT2D eigenvalue weighted by molar-refractivity contribution is -0.143. The van der Waals surface area contributed by atoms with Gasteiger partial charge < -0.3 is 14.8 Å². The van der Waals surface area contributed by atoms with Crippen LogP contribution in [0.2, 0.25) is 0 Å². The van der Waals surface area contributed by atoms with Crippen LogP contribution < -0.4 is 10.1 Å². The van der Waals surface area contributed by atoms with Gasteiger partial charge in [0.15, 0.2) is 0 Å². The summed E-state index contributed by atoms with van der Waals surface area (Å²) in [5.41, 5.74) is 0.946. The van der Waals surface area contributed by atoms with Crippen LogP contribution in [0.3, 0.4) is 0 Å². The van der Waals surface area contributed by atoms with Crippen LogP contribution in [0.15, 0.2) is 36.4 Å². The van der Waals surface area contributed by atoms with Crippen molar-refractivity contribution in [2.24, 2.45) is 5.92 Å². The molecule has 1 heterocycles. The summed E-state index contributed by atoms with van der Waals surface area (Å²) in [6.07, 6.45) is 0. The van der Waals surface area contributed by atoms with E-state index in [0.717, 1.165) is 22.1 Å². The first-order valence-corrected chi connectivity index (χ1v) is 7.61. The van der Waals surface area contributed by atoms with Gasteiger partial charge in [-0.3, -0.25) is 9.59 Å². The molecule has 0 bridgehead atoms. The summed E-state index contributed by atoms with van der Waals surface area (Å²) in [5.74, 6) is 0.182. The summed E-state index contributed by atoms with van der Waals surface area (Å²) in [5, 5.41) is 5.11. The number of benzene rings is 2. The number of carbonyl (C=O) groups is 2. The van der Waals surface area contributed by atoms with Gasteiger partial charge in [0.05, 0.1) is 25.2 Å². The molecule has 0 unspecified atom stereocenters. The topological polar surface area (TPSA) is 64.6 Å². The summed E-state index contributed by atoms with van der Waals surface area (Å²) >= 11 is 0. The molecule has 2 aromatic carbocycles. The quantitative estimate of drug-likeness (QED) is 0.885. The number of amides is 1. The maximum Gasteiger partial charge on any atom is 0.302 e. The molecule has 0 aromatic heterocycles. The van der Waals surface area contributed by atoms with Crippen molar-refractivity contribution in [1.82, 2.24) is 5.32 Å². The Bertz CT molecular complexity index is 756. The number of fused-ring (bicyclic) bond motifs is 3. The van der Waals surface area contributed by atoms with Crippen LogP contribution in [-0.2, 0) is 14.3 Å². The van der Waals surface area contributed by atoms with Gasteiger partial charge in [-0.15, -0.1) is 0 Å². The van der Waals surface area contributed by atoms with Crippen molar-refractivity contribution in [1.29, 1.82) is 0 Å². The predicted octanol–water partition coefficient (Wildman–Crippen LogP) is 2.59. The van der Waals surface area contributed by atoms with Crippen molar-refractivity contribution < 1.29 is 19.1 Å². The van der Waals surface area contributed by atoms with E-state index in [0.29, 0.717) is 6.61 Å². The molecule has 23 heavy (non-hydrogen) atoms. The van der Waals surface area contributed by atoms with Crippen LogP contribution in [0.4, 0.5) is 0 Å². The monoisotopic (exact) mass is 313 g/mol. The molecular formula is C18H19NO4. The van der Waals surface area contributed by atoms with E-state index in [1.807, 2.05) is 36.4 Å². The second-order valence-corrected chi connectivity index (χ2v) is 5.75.